The summed E-state index contributed by atoms with van der Waals surface area (Å²) in [6.07, 6.45) is 0. The normalized spacial score (nSPS) is 9.16. The van der Waals surface area contributed by atoms with E-state index in [1.54, 1.807) is 12.1 Å². The van der Waals surface area contributed by atoms with E-state index in [0.717, 1.165) is 27.2 Å². The minimum Gasteiger partial charge on any atom is -0.234 e. The molecule has 6 heteroatoms. The van der Waals surface area contributed by atoms with Crippen LogP contribution in [0.1, 0.15) is 5.56 Å². The van der Waals surface area contributed by atoms with Gasteiger partial charge in [0, 0.05) is 31.1 Å². The van der Waals surface area contributed by atoms with Crippen molar-refractivity contribution in [3.63, 3.8) is 0 Å². The van der Waals surface area contributed by atoms with E-state index in [1.807, 2.05) is 19.1 Å². The van der Waals surface area contributed by atoms with Crippen LogP contribution in [-0.4, -0.2) is 0 Å². The quantitative estimate of drug-likeness (QED) is 0.292. The second-order valence-corrected chi connectivity index (χ2v) is 3.62. The molecule has 0 amide bonds. The molecule has 0 bridgehead atoms. The fourth-order valence-corrected chi connectivity index (χ4v) is 1.47. The molecule has 0 saturated heterocycles. The Morgan fingerprint density at radius 3 is 1.63 bits per heavy atom. The summed E-state index contributed by atoms with van der Waals surface area (Å²) in [6, 6.07) is 9.11. The van der Waals surface area contributed by atoms with Crippen molar-refractivity contribution in [1.82, 2.24) is 0 Å². The molecule has 2 rings (SSSR count). The minimum absolute atomic E-state index is 0. The molecule has 0 aliphatic carbocycles. The molecule has 1 atom stereocenters. The summed E-state index contributed by atoms with van der Waals surface area (Å²) in [6.45, 7) is 1.91. The van der Waals surface area contributed by atoms with Crippen LogP contribution >= 0.6 is 9.55 Å². The number of hydrogen-bond donors (Lipinski definition) is 0. The molecule has 100 valence electrons. The second kappa shape index (κ2) is 8.74. The molecule has 0 heterocycles. The van der Waals surface area contributed by atoms with E-state index in [2.05, 4.69) is 0 Å². The van der Waals surface area contributed by atoms with Crippen LogP contribution in [0.15, 0.2) is 36.4 Å². The van der Waals surface area contributed by atoms with Crippen molar-refractivity contribution in [3.05, 3.63) is 59.4 Å². The predicted octanol–water partition coefficient (Wildman–Crippen LogP) is 4.83. The molecule has 0 aliphatic rings. The molecule has 0 aliphatic heterocycles. The zero-order chi connectivity index (χ0) is 13.7. The molecule has 0 aromatic heterocycles. The van der Waals surface area contributed by atoms with Gasteiger partial charge in [-0.3, -0.25) is 0 Å². The standard InChI is InChI=1S/C13H9F3.FH2P.U/c1-8-2-4-9(5-3-8)10-6-11(14)13(16)12(15)7-10;1-2;/h2-7H,1H3;2H2;. The van der Waals surface area contributed by atoms with Crippen LogP contribution in [-0.2, 0) is 0 Å². The Balaban J connectivity index is 0.00000103. The van der Waals surface area contributed by atoms with E-state index in [1.165, 1.54) is 0 Å². The van der Waals surface area contributed by atoms with E-state index in [4.69, 9.17) is 0 Å². The van der Waals surface area contributed by atoms with Gasteiger partial charge in [-0.25, -0.2) is 17.4 Å². The number of hydrogen-bond acceptors (Lipinski definition) is 0. The SMILES string of the molecule is Cc1ccc(-c2cc(F)c(F)c(F)c2)cc1.FP.[U]. The Hall–Kier alpha value is -0.358. The second-order valence-electron chi connectivity index (χ2n) is 3.62. The van der Waals surface area contributed by atoms with Crippen molar-refractivity contribution in [1.29, 1.82) is 0 Å². The Kier molecular flexibility index (Phi) is 8.58. The maximum atomic E-state index is 13.0. The van der Waals surface area contributed by atoms with Gasteiger partial charge in [-0.15, -0.1) is 0 Å². The molecule has 0 nitrogen and oxygen atoms in total. The maximum Gasteiger partial charge on any atom is 0.194 e. The van der Waals surface area contributed by atoms with Gasteiger partial charge in [-0.2, -0.15) is 0 Å². The van der Waals surface area contributed by atoms with Gasteiger partial charge in [0.05, 0.1) is 9.55 Å². The Morgan fingerprint density at radius 2 is 1.21 bits per heavy atom. The number of halogens is 4. The summed E-state index contributed by atoms with van der Waals surface area (Å²) in [7, 11) is 0.917. The van der Waals surface area contributed by atoms with Crippen LogP contribution in [0, 0.1) is 55.5 Å². The number of aryl methyl sites for hydroxylation is 1. The van der Waals surface area contributed by atoms with Gasteiger partial charge in [0.15, 0.2) is 17.5 Å². The molecule has 0 radical (unpaired) electrons. The van der Waals surface area contributed by atoms with Gasteiger partial charge in [0.1, 0.15) is 0 Å². The number of rotatable bonds is 1. The third-order valence-electron chi connectivity index (χ3n) is 2.37. The van der Waals surface area contributed by atoms with Crippen molar-refractivity contribution >= 4 is 9.55 Å². The zero-order valence-electron chi connectivity index (χ0n) is 10.1. The van der Waals surface area contributed by atoms with Crippen molar-refractivity contribution in [2.45, 2.75) is 6.92 Å². The van der Waals surface area contributed by atoms with Crippen molar-refractivity contribution in [3.8, 4) is 11.1 Å². The monoisotopic (exact) mass is 512 g/mol. The Labute approximate surface area is 135 Å². The fourth-order valence-electron chi connectivity index (χ4n) is 1.47. The fraction of sp³-hybridized carbons (Fsp3) is 0.0769. The topological polar surface area (TPSA) is 0 Å². The average molecular weight is 512 g/mol. The molecule has 2 aromatic carbocycles. The van der Waals surface area contributed by atoms with Crippen molar-refractivity contribution in [2.24, 2.45) is 0 Å². The third-order valence-corrected chi connectivity index (χ3v) is 2.37. The summed E-state index contributed by atoms with van der Waals surface area (Å²) in [5.41, 5.74) is 2.03. The minimum atomic E-state index is -1.43. The Morgan fingerprint density at radius 1 is 0.789 bits per heavy atom. The molecule has 19 heavy (non-hydrogen) atoms. The first-order valence-electron chi connectivity index (χ1n) is 5.01. The van der Waals surface area contributed by atoms with Gasteiger partial charge >= 0.3 is 0 Å². The van der Waals surface area contributed by atoms with Crippen LogP contribution in [0.4, 0.5) is 17.4 Å². The average Bonchev–Trinajstić information content (AvgIpc) is 2.38. The summed E-state index contributed by atoms with van der Waals surface area (Å²) < 4.78 is 48.1. The van der Waals surface area contributed by atoms with Gasteiger partial charge in [0.25, 0.3) is 0 Å². The maximum absolute atomic E-state index is 13.0. The van der Waals surface area contributed by atoms with Crippen LogP contribution in [0.2, 0.25) is 0 Å². The molecule has 0 saturated carbocycles. The summed E-state index contributed by atoms with van der Waals surface area (Å²) >= 11 is 0. The van der Waals surface area contributed by atoms with Crippen molar-refractivity contribution < 1.29 is 48.5 Å². The Bertz CT molecular complexity index is 506. The summed E-state index contributed by atoms with van der Waals surface area (Å²) in [4.78, 5) is 0. The van der Waals surface area contributed by atoms with Gasteiger partial charge < -0.3 is 0 Å². The molecule has 0 spiro atoms. The van der Waals surface area contributed by atoms with Gasteiger partial charge in [0.2, 0.25) is 0 Å². The van der Waals surface area contributed by atoms with Crippen molar-refractivity contribution in [2.75, 3.05) is 0 Å². The van der Waals surface area contributed by atoms with Crippen LogP contribution in [0.25, 0.3) is 11.1 Å². The molecular formula is C13H11F4PU. The van der Waals surface area contributed by atoms with Crippen LogP contribution in [0.3, 0.4) is 0 Å². The molecule has 1 unspecified atom stereocenters. The van der Waals surface area contributed by atoms with E-state index in [-0.39, 0.29) is 31.1 Å². The number of benzene rings is 2. The molecule has 2 aromatic rings. The first kappa shape index (κ1) is 18.6. The molecular weight excluding hydrogens is 501 g/mol. The van der Waals surface area contributed by atoms with Gasteiger partial charge in [-0.05, 0) is 30.2 Å². The van der Waals surface area contributed by atoms with E-state index < -0.39 is 17.5 Å². The van der Waals surface area contributed by atoms with E-state index >= 15 is 0 Å². The van der Waals surface area contributed by atoms with Gasteiger partial charge in [-0.1, -0.05) is 29.8 Å². The van der Waals surface area contributed by atoms with Crippen LogP contribution in [0.5, 0.6) is 0 Å². The summed E-state index contributed by atoms with van der Waals surface area (Å²) in [5, 5.41) is 0. The summed E-state index contributed by atoms with van der Waals surface area (Å²) in [5.74, 6) is -3.78. The third kappa shape index (κ3) is 4.91. The van der Waals surface area contributed by atoms with Crippen LogP contribution < -0.4 is 0 Å². The van der Waals surface area contributed by atoms with E-state index in [9.17, 15) is 17.4 Å². The first-order chi connectivity index (χ1) is 8.58. The molecule has 0 fully saturated rings. The van der Waals surface area contributed by atoms with E-state index in [0.29, 0.717) is 11.1 Å². The predicted molar refractivity (Wildman–Crippen MR) is 67.3 cm³/mol. The smallest absolute Gasteiger partial charge is 0.194 e. The zero-order valence-corrected chi connectivity index (χ0v) is 15.4. The largest absolute Gasteiger partial charge is 0.234 e. The first-order valence-corrected chi connectivity index (χ1v) is 5.45. The molecule has 0 N–H and O–H groups in total.